The Balaban J connectivity index is 5.32. The Morgan fingerprint density at radius 3 is 1.67 bits per heavy atom. The van der Waals surface area contributed by atoms with Crippen LogP contribution in [0.5, 0.6) is 0 Å². The molecule has 13 nitrogen and oxygen atoms in total. The van der Waals surface area contributed by atoms with Gasteiger partial charge in [0.25, 0.3) is 0 Å². The number of carboxylic acids is 2. The van der Waals surface area contributed by atoms with Crippen molar-refractivity contribution in [3.63, 3.8) is 0 Å². The Bertz CT molecular complexity index is 621. The van der Waals surface area contributed by atoms with Gasteiger partial charge < -0.3 is 37.6 Å². The van der Waals surface area contributed by atoms with Crippen molar-refractivity contribution in [1.29, 1.82) is 0 Å². The molecule has 0 saturated carbocycles. The van der Waals surface area contributed by atoms with Gasteiger partial charge in [-0.3, -0.25) is 28.8 Å². The first-order valence-electron chi connectivity index (χ1n) is 7.74. The minimum Gasteiger partial charge on any atom is -0.481 e. The lowest BCUT2D eigenvalue weighted by Gasteiger charge is -2.23. The van der Waals surface area contributed by atoms with Gasteiger partial charge in [0.15, 0.2) is 0 Å². The molecular formula is C14H23N5O8. The van der Waals surface area contributed by atoms with Gasteiger partial charge in [0, 0.05) is 0 Å². The third-order valence-corrected chi connectivity index (χ3v) is 3.19. The Kier molecular flexibility index (Phi) is 9.42. The second-order valence-electron chi connectivity index (χ2n) is 5.75. The molecule has 0 spiro atoms. The van der Waals surface area contributed by atoms with E-state index in [0.717, 1.165) is 6.92 Å². The third-order valence-electron chi connectivity index (χ3n) is 3.19. The number of primary amides is 1. The summed E-state index contributed by atoms with van der Waals surface area (Å²) in [6.45, 7) is 2.46. The van der Waals surface area contributed by atoms with E-state index >= 15 is 0 Å². The molecule has 152 valence electrons. The zero-order valence-electron chi connectivity index (χ0n) is 14.7. The minimum absolute atomic E-state index is 0.628. The number of carboxylic acid groups (broad SMARTS) is 2. The number of carbonyl (C=O) groups is 6. The fraction of sp³-hybridized carbons (Fsp3) is 0.571. The van der Waals surface area contributed by atoms with Crippen LogP contribution in [0.3, 0.4) is 0 Å². The quantitative estimate of drug-likeness (QED) is 0.183. The van der Waals surface area contributed by atoms with Crippen molar-refractivity contribution >= 4 is 35.6 Å². The molecule has 0 aromatic carbocycles. The van der Waals surface area contributed by atoms with Crippen LogP contribution >= 0.6 is 0 Å². The fourth-order valence-corrected chi connectivity index (χ4v) is 1.75. The molecule has 0 aliphatic carbocycles. The van der Waals surface area contributed by atoms with E-state index in [2.05, 4.69) is 10.6 Å². The number of hydrogen-bond acceptors (Lipinski definition) is 7. The van der Waals surface area contributed by atoms with E-state index in [1.807, 2.05) is 5.32 Å². The number of carbonyl (C=O) groups excluding carboxylic acids is 4. The molecule has 0 saturated heterocycles. The van der Waals surface area contributed by atoms with Crippen LogP contribution in [0.1, 0.15) is 26.7 Å². The average molecular weight is 389 g/mol. The van der Waals surface area contributed by atoms with Gasteiger partial charge in [-0.25, -0.2) is 0 Å². The molecule has 0 bridgehead atoms. The van der Waals surface area contributed by atoms with Crippen molar-refractivity contribution in [1.82, 2.24) is 16.0 Å². The molecule has 13 heteroatoms. The van der Waals surface area contributed by atoms with E-state index in [1.165, 1.54) is 6.92 Å². The molecular weight excluding hydrogens is 366 g/mol. The van der Waals surface area contributed by atoms with Crippen molar-refractivity contribution in [3.8, 4) is 0 Å². The van der Waals surface area contributed by atoms with Gasteiger partial charge in [-0.15, -0.1) is 0 Å². The molecule has 0 fully saturated rings. The van der Waals surface area contributed by atoms with Crippen LogP contribution < -0.4 is 27.4 Å². The second-order valence-corrected chi connectivity index (χ2v) is 5.75. The molecule has 0 aromatic rings. The third kappa shape index (κ3) is 9.15. The Labute approximate surface area is 153 Å². The summed E-state index contributed by atoms with van der Waals surface area (Å²) in [6, 6.07) is -5.51. The van der Waals surface area contributed by atoms with Gasteiger partial charge in [-0.05, 0) is 13.8 Å². The highest BCUT2D eigenvalue weighted by molar-refractivity contribution is 5.97. The predicted molar refractivity (Wildman–Crippen MR) is 88.8 cm³/mol. The lowest BCUT2D eigenvalue weighted by atomic mass is 10.1. The van der Waals surface area contributed by atoms with Crippen molar-refractivity contribution in [2.45, 2.75) is 50.9 Å². The van der Waals surface area contributed by atoms with Crippen LogP contribution in [0.2, 0.25) is 0 Å². The van der Waals surface area contributed by atoms with E-state index in [4.69, 9.17) is 21.7 Å². The van der Waals surface area contributed by atoms with Crippen molar-refractivity contribution < 1.29 is 39.0 Å². The highest BCUT2D eigenvalue weighted by Gasteiger charge is 2.31. The monoisotopic (exact) mass is 389 g/mol. The Morgan fingerprint density at radius 2 is 1.26 bits per heavy atom. The van der Waals surface area contributed by atoms with Crippen molar-refractivity contribution in [2.24, 2.45) is 11.5 Å². The SMILES string of the molecule is CC(N)C(=O)NC(CC(N)=O)C(=O)NC(CC(=O)O)C(=O)NC(C)C(=O)O. The van der Waals surface area contributed by atoms with Gasteiger partial charge in [0.1, 0.15) is 18.1 Å². The summed E-state index contributed by atoms with van der Waals surface area (Å²) in [5.74, 6) is -6.69. The first kappa shape index (κ1) is 23.8. The number of rotatable bonds is 11. The van der Waals surface area contributed by atoms with Crippen LogP contribution in [0.25, 0.3) is 0 Å². The maximum atomic E-state index is 12.3. The topological polar surface area (TPSA) is 231 Å². The van der Waals surface area contributed by atoms with Crippen molar-refractivity contribution in [2.75, 3.05) is 0 Å². The summed E-state index contributed by atoms with van der Waals surface area (Å²) < 4.78 is 0. The number of amides is 4. The number of nitrogens with two attached hydrogens (primary N) is 2. The molecule has 0 aromatic heterocycles. The van der Waals surface area contributed by atoms with Gasteiger partial charge in [-0.1, -0.05) is 0 Å². The van der Waals surface area contributed by atoms with E-state index in [9.17, 15) is 28.8 Å². The molecule has 0 radical (unpaired) electrons. The van der Waals surface area contributed by atoms with Crippen LogP contribution in [0, 0.1) is 0 Å². The molecule has 0 aliphatic rings. The molecule has 0 rings (SSSR count). The smallest absolute Gasteiger partial charge is 0.325 e. The molecule has 4 unspecified atom stereocenters. The van der Waals surface area contributed by atoms with E-state index in [0.29, 0.717) is 0 Å². The van der Waals surface area contributed by atoms with Gasteiger partial charge in [0.2, 0.25) is 23.6 Å². The molecule has 4 atom stereocenters. The van der Waals surface area contributed by atoms with Gasteiger partial charge >= 0.3 is 11.9 Å². The van der Waals surface area contributed by atoms with E-state index in [-0.39, 0.29) is 0 Å². The molecule has 0 heterocycles. The molecule has 9 N–H and O–H groups in total. The van der Waals surface area contributed by atoms with Crippen LogP contribution in [-0.2, 0) is 28.8 Å². The predicted octanol–water partition coefficient (Wildman–Crippen LogP) is -3.76. The summed E-state index contributed by atoms with van der Waals surface area (Å²) >= 11 is 0. The first-order chi connectivity index (χ1) is 12.3. The maximum absolute atomic E-state index is 12.3. The number of nitrogens with one attached hydrogen (secondary N) is 3. The standard InChI is InChI=1S/C14H23N5O8/c1-5(15)11(23)18-7(3-9(16)20)13(25)19-8(4-10(21)22)12(24)17-6(2)14(26)27/h5-8H,3-4,15H2,1-2H3,(H2,16,20)(H,17,24)(H,18,23)(H,19,25)(H,21,22)(H,26,27). The lowest BCUT2D eigenvalue weighted by molar-refractivity contribution is -0.143. The lowest BCUT2D eigenvalue weighted by Crippen LogP contribution is -2.57. The summed E-state index contributed by atoms with van der Waals surface area (Å²) in [6.07, 6.45) is -1.49. The zero-order chi connectivity index (χ0) is 21.3. The molecule has 0 aliphatic heterocycles. The largest absolute Gasteiger partial charge is 0.481 e. The normalized spacial score (nSPS) is 14.8. The highest BCUT2D eigenvalue weighted by Crippen LogP contribution is 2.00. The van der Waals surface area contributed by atoms with Crippen molar-refractivity contribution in [3.05, 3.63) is 0 Å². The Hall–Kier alpha value is -3.22. The summed E-state index contributed by atoms with van der Waals surface area (Å²) in [5.41, 5.74) is 10.4. The summed E-state index contributed by atoms with van der Waals surface area (Å²) in [5, 5.41) is 23.9. The zero-order valence-corrected chi connectivity index (χ0v) is 14.7. The average Bonchev–Trinajstić information content (AvgIpc) is 2.51. The van der Waals surface area contributed by atoms with E-state index < -0.39 is 72.6 Å². The fourth-order valence-electron chi connectivity index (χ4n) is 1.75. The first-order valence-corrected chi connectivity index (χ1v) is 7.74. The summed E-state index contributed by atoms with van der Waals surface area (Å²) in [4.78, 5) is 68.8. The number of hydrogen-bond donors (Lipinski definition) is 7. The van der Waals surface area contributed by atoms with Gasteiger partial charge in [0.05, 0.1) is 18.9 Å². The Morgan fingerprint density at radius 1 is 0.815 bits per heavy atom. The second kappa shape index (κ2) is 10.7. The molecule has 4 amide bonds. The minimum atomic E-state index is -1.65. The maximum Gasteiger partial charge on any atom is 0.325 e. The summed E-state index contributed by atoms with van der Waals surface area (Å²) in [7, 11) is 0. The van der Waals surface area contributed by atoms with Gasteiger partial charge in [-0.2, -0.15) is 0 Å². The van der Waals surface area contributed by atoms with Crippen LogP contribution in [0.15, 0.2) is 0 Å². The highest BCUT2D eigenvalue weighted by atomic mass is 16.4. The number of aliphatic carboxylic acids is 2. The van der Waals surface area contributed by atoms with Crippen LogP contribution in [0.4, 0.5) is 0 Å². The van der Waals surface area contributed by atoms with E-state index in [1.54, 1.807) is 0 Å². The molecule has 27 heavy (non-hydrogen) atoms. The van der Waals surface area contributed by atoms with Crippen LogP contribution in [-0.4, -0.2) is 69.9 Å².